The normalized spacial score (nSPS) is 25.9. The Labute approximate surface area is 149 Å². The van der Waals surface area contributed by atoms with Gasteiger partial charge in [-0.2, -0.15) is 5.06 Å². The first-order chi connectivity index (χ1) is 12.0. The fraction of sp³-hybridized carbons (Fsp3) is 0.647. The Morgan fingerprint density at radius 2 is 1.84 bits per heavy atom. The molecule has 1 aromatic rings. The van der Waals surface area contributed by atoms with Gasteiger partial charge in [0, 0.05) is 25.7 Å². The number of methoxy groups -OCH3 is 2. The quantitative estimate of drug-likeness (QED) is 0.787. The number of piperidine rings is 1. The zero-order valence-electron chi connectivity index (χ0n) is 15.0. The molecule has 25 heavy (non-hydrogen) atoms. The van der Waals surface area contributed by atoms with Crippen molar-refractivity contribution in [3.05, 3.63) is 23.8 Å². The first kappa shape index (κ1) is 18.4. The van der Waals surface area contributed by atoms with E-state index in [0.29, 0.717) is 24.6 Å². The average molecular weight is 370 g/mol. The van der Waals surface area contributed by atoms with Crippen molar-refractivity contribution in [2.24, 2.45) is 0 Å². The van der Waals surface area contributed by atoms with Crippen molar-refractivity contribution in [3.8, 4) is 11.5 Å². The fourth-order valence-electron chi connectivity index (χ4n) is 3.62. The summed E-state index contributed by atoms with van der Waals surface area (Å²) in [6.07, 6.45) is 2.91. The predicted octanol–water partition coefficient (Wildman–Crippen LogP) is 1.81. The van der Waals surface area contributed by atoms with Crippen LogP contribution in [0.1, 0.15) is 30.9 Å². The molecule has 0 aromatic heterocycles. The SMILES string of the molecule is COc1ccc(OC)c(C2C(S(=O)(=O)N3CCCCC3)CON2C)c1. The largest absolute Gasteiger partial charge is 0.497 e. The minimum absolute atomic E-state index is 0.139. The van der Waals surface area contributed by atoms with Gasteiger partial charge in [0.1, 0.15) is 16.7 Å². The van der Waals surface area contributed by atoms with Crippen molar-refractivity contribution in [3.63, 3.8) is 0 Å². The molecule has 2 saturated heterocycles. The van der Waals surface area contributed by atoms with Crippen molar-refractivity contribution in [2.75, 3.05) is 41.0 Å². The Hall–Kier alpha value is -1.35. The molecule has 3 rings (SSSR count). The first-order valence-corrected chi connectivity index (χ1v) is 10.1. The molecule has 1 aromatic carbocycles. The average Bonchev–Trinajstić information content (AvgIpc) is 3.04. The minimum atomic E-state index is -3.47. The lowest BCUT2D eigenvalue weighted by atomic mass is 10.0. The summed E-state index contributed by atoms with van der Waals surface area (Å²) in [5.74, 6) is 1.28. The Morgan fingerprint density at radius 3 is 2.48 bits per heavy atom. The van der Waals surface area contributed by atoms with Crippen LogP contribution in [0.4, 0.5) is 0 Å². The molecule has 2 heterocycles. The highest BCUT2D eigenvalue weighted by Crippen LogP contribution is 2.40. The summed E-state index contributed by atoms with van der Waals surface area (Å²) in [5, 5.41) is 0.945. The van der Waals surface area contributed by atoms with Crippen LogP contribution in [0.25, 0.3) is 0 Å². The van der Waals surface area contributed by atoms with Gasteiger partial charge in [-0.15, -0.1) is 0 Å². The van der Waals surface area contributed by atoms with Crippen LogP contribution in [0.3, 0.4) is 0 Å². The van der Waals surface area contributed by atoms with Crippen LogP contribution in [0.2, 0.25) is 0 Å². The zero-order valence-corrected chi connectivity index (χ0v) is 15.8. The van der Waals surface area contributed by atoms with E-state index in [4.69, 9.17) is 14.3 Å². The van der Waals surface area contributed by atoms with Gasteiger partial charge in [0.05, 0.1) is 26.9 Å². The van der Waals surface area contributed by atoms with E-state index in [0.717, 1.165) is 24.8 Å². The molecular formula is C17H26N2O5S. The van der Waals surface area contributed by atoms with Crippen LogP contribution in [0.15, 0.2) is 18.2 Å². The molecule has 0 radical (unpaired) electrons. The van der Waals surface area contributed by atoms with Crippen LogP contribution in [0.5, 0.6) is 11.5 Å². The number of hydrogen-bond acceptors (Lipinski definition) is 6. The number of ether oxygens (including phenoxy) is 2. The monoisotopic (exact) mass is 370 g/mol. The van der Waals surface area contributed by atoms with Gasteiger partial charge in [0.15, 0.2) is 0 Å². The number of hydrogen-bond donors (Lipinski definition) is 0. The summed E-state index contributed by atoms with van der Waals surface area (Å²) >= 11 is 0. The van der Waals surface area contributed by atoms with E-state index in [-0.39, 0.29) is 6.61 Å². The number of nitrogens with zero attached hydrogens (tertiary/aromatic N) is 2. The summed E-state index contributed by atoms with van der Waals surface area (Å²) in [4.78, 5) is 5.61. The molecule has 2 aliphatic heterocycles. The van der Waals surface area contributed by atoms with Crippen LogP contribution in [-0.4, -0.2) is 64.0 Å². The van der Waals surface area contributed by atoms with Crippen molar-refractivity contribution in [2.45, 2.75) is 30.6 Å². The third-order valence-electron chi connectivity index (χ3n) is 5.00. The molecule has 2 fully saturated rings. The molecule has 2 aliphatic rings. The van der Waals surface area contributed by atoms with Crippen molar-refractivity contribution in [1.82, 2.24) is 9.37 Å². The Bertz CT molecular complexity index is 703. The summed E-state index contributed by atoms with van der Waals surface area (Å²) in [6, 6.07) is 4.97. The van der Waals surface area contributed by atoms with Gasteiger partial charge in [-0.05, 0) is 31.0 Å². The Balaban J connectivity index is 1.99. The maximum Gasteiger partial charge on any atom is 0.221 e. The molecule has 2 unspecified atom stereocenters. The Kier molecular flexibility index (Phi) is 5.52. The highest BCUT2D eigenvalue weighted by molar-refractivity contribution is 7.89. The molecule has 0 bridgehead atoms. The van der Waals surface area contributed by atoms with E-state index < -0.39 is 21.3 Å². The maximum atomic E-state index is 13.2. The smallest absolute Gasteiger partial charge is 0.221 e. The number of rotatable bonds is 5. The van der Waals surface area contributed by atoms with E-state index in [1.807, 2.05) is 6.07 Å². The molecule has 0 N–H and O–H groups in total. The molecule has 0 spiro atoms. The lowest BCUT2D eigenvalue weighted by Crippen LogP contribution is -2.44. The van der Waals surface area contributed by atoms with Crippen molar-refractivity contribution in [1.29, 1.82) is 0 Å². The summed E-state index contributed by atoms with van der Waals surface area (Å²) in [5.41, 5.74) is 0.757. The Morgan fingerprint density at radius 1 is 1.12 bits per heavy atom. The molecule has 0 saturated carbocycles. The topological polar surface area (TPSA) is 68.3 Å². The van der Waals surface area contributed by atoms with Gasteiger partial charge in [-0.25, -0.2) is 12.7 Å². The third-order valence-corrected chi connectivity index (χ3v) is 7.24. The second kappa shape index (κ2) is 7.49. The minimum Gasteiger partial charge on any atom is -0.497 e. The summed E-state index contributed by atoms with van der Waals surface area (Å²) in [7, 11) is 1.46. The molecule has 0 aliphatic carbocycles. The highest BCUT2D eigenvalue weighted by Gasteiger charge is 2.47. The van der Waals surface area contributed by atoms with Crippen molar-refractivity contribution < 1.29 is 22.7 Å². The van der Waals surface area contributed by atoms with E-state index in [9.17, 15) is 8.42 Å². The standard InChI is InChI=1S/C17H26N2O5S/c1-18-17(14-11-13(22-2)7-8-15(14)23-3)16(12-24-18)25(20,21)19-9-5-4-6-10-19/h7-8,11,16-17H,4-6,9-10,12H2,1-3H3. The van der Waals surface area contributed by atoms with Crippen LogP contribution >= 0.6 is 0 Å². The van der Waals surface area contributed by atoms with E-state index in [1.54, 1.807) is 42.8 Å². The first-order valence-electron chi connectivity index (χ1n) is 8.55. The van der Waals surface area contributed by atoms with Crippen molar-refractivity contribution >= 4 is 10.0 Å². The third kappa shape index (κ3) is 3.48. The van der Waals surface area contributed by atoms with Crippen LogP contribution in [0, 0.1) is 0 Å². The maximum absolute atomic E-state index is 13.2. The molecular weight excluding hydrogens is 344 g/mol. The van der Waals surface area contributed by atoms with E-state index >= 15 is 0 Å². The number of sulfonamides is 1. The van der Waals surface area contributed by atoms with Crippen LogP contribution in [-0.2, 0) is 14.9 Å². The molecule has 0 amide bonds. The highest BCUT2D eigenvalue weighted by atomic mass is 32.2. The summed E-state index contributed by atoms with van der Waals surface area (Å²) < 4.78 is 38.8. The van der Waals surface area contributed by atoms with E-state index in [2.05, 4.69) is 0 Å². The van der Waals surface area contributed by atoms with Gasteiger partial charge in [0.25, 0.3) is 0 Å². The molecule has 2 atom stereocenters. The fourth-order valence-corrected chi connectivity index (χ4v) is 5.65. The second-order valence-corrected chi connectivity index (χ2v) is 8.59. The second-order valence-electron chi connectivity index (χ2n) is 6.44. The number of benzene rings is 1. The molecule has 140 valence electrons. The van der Waals surface area contributed by atoms with Gasteiger partial charge < -0.3 is 9.47 Å². The molecule has 7 nitrogen and oxygen atoms in total. The van der Waals surface area contributed by atoms with Crippen LogP contribution < -0.4 is 9.47 Å². The predicted molar refractivity (Wildman–Crippen MR) is 94.1 cm³/mol. The zero-order chi connectivity index (χ0) is 18.0. The van der Waals surface area contributed by atoms with E-state index in [1.165, 1.54) is 0 Å². The summed E-state index contributed by atoms with van der Waals surface area (Å²) in [6.45, 7) is 1.31. The van der Waals surface area contributed by atoms with Gasteiger partial charge in [-0.1, -0.05) is 6.42 Å². The van der Waals surface area contributed by atoms with Gasteiger partial charge >= 0.3 is 0 Å². The number of hydroxylamine groups is 2. The lowest BCUT2D eigenvalue weighted by Gasteiger charge is -2.31. The van der Waals surface area contributed by atoms with Gasteiger partial charge in [-0.3, -0.25) is 4.84 Å². The molecule has 8 heteroatoms. The lowest BCUT2D eigenvalue weighted by molar-refractivity contribution is -0.110. The van der Waals surface area contributed by atoms with Gasteiger partial charge in [0.2, 0.25) is 10.0 Å².